The number of benzene rings is 7. The molecule has 4 aliphatic rings. The number of rotatable bonds is 11. The van der Waals surface area contributed by atoms with E-state index in [-0.39, 0.29) is 5.41 Å². The summed E-state index contributed by atoms with van der Waals surface area (Å²) in [4.78, 5) is 5.25. The Morgan fingerprint density at radius 2 is 1.12 bits per heavy atom. The van der Waals surface area contributed by atoms with Crippen molar-refractivity contribution >= 4 is 56.1 Å². The lowest BCUT2D eigenvalue weighted by molar-refractivity contribution is 0.258. The van der Waals surface area contributed by atoms with E-state index in [0.29, 0.717) is 17.8 Å². The molecule has 12 rings (SSSR count). The Balaban J connectivity index is 1.05. The van der Waals surface area contributed by atoms with Gasteiger partial charge in [-0.15, -0.1) is 0 Å². The second kappa shape index (κ2) is 16.2. The maximum Gasteiger partial charge on any atom is 0.137 e. The van der Waals surface area contributed by atoms with Crippen LogP contribution in [0.1, 0.15) is 105 Å². The third kappa shape index (κ3) is 6.28. The summed E-state index contributed by atoms with van der Waals surface area (Å²) in [6, 6.07) is 61.8. The molecule has 4 aliphatic carbocycles. The summed E-state index contributed by atoms with van der Waals surface area (Å²) < 4.78 is 6.57. The van der Waals surface area contributed by atoms with Crippen LogP contribution >= 0.6 is 0 Å². The van der Waals surface area contributed by atoms with Gasteiger partial charge in [0.25, 0.3) is 0 Å². The minimum Gasteiger partial charge on any atom is -0.456 e. The van der Waals surface area contributed by atoms with E-state index < -0.39 is 0 Å². The highest BCUT2D eigenvalue weighted by atomic mass is 16.3. The number of hydrogen-bond acceptors (Lipinski definition) is 3. The summed E-state index contributed by atoms with van der Waals surface area (Å²) in [5.41, 5.74) is 17.0. The first-order valence-corrected chi connectivity index (χ1v) is 24.6. The number of para-hydroxylation sites is 4. The van der Waals surface area contributed by atoms with Gasteiger partial charge < -0.3 is 14.2 Å². The highest BCUT2D eigenvalue weighted by Gasteiger charge is 2.62. The Morgan fingerprint density at radius 1 is 0.531 bits per heavy atom. The van der Waals surface area contributed by atoms with Crippen LogP contribution in [-0.4, -0.2) is 0 Å². The van der Waals surface area contributed by atoms with Crippen LogP contribution in [0.3, 0.4) is 0 Å². The molecule has 0 saturated heterocycles. The molecule has 1 heterocycles. The van der Waals surface area contributed by atoms with Crippen molar-refractivity contribution in [3.05, 3.63) is 192 Å². The molecule has 0 bridgehead atoms. The number of nitrogens with zero attached hydrogens (tertiary/aromatic N) is 2. The van der Waals surface area contributed by atoms with Crippen molar-refractivity contribution in [1.29, 1.82) is 0 Å². The SMILES string of the molecule is CCC(CC)CC1CCCC(c2ccccc2N(c2ccccc2)c2cccc3c2C24c5c(cccc5N(c5ccccc5)c5ccc6c(c5)oc5ccccc56)CC2CCC4C3)C1. The van der Waals surface area contributed by atoms with Gasteiger partial charge in [0.1, 0.15) is 11.2 Å². The van der Waals surface area contributed by atoms with Crippen LogP contribution in [0.4, 0.5) is 34.1 Å². The molecule has 5 atom stereocenters. The number of anilines is 6. The first-order valence-electron chi connectivity index (χ1n) is 24.6. The lowest BCUT2D eigenvalue weighted by Crippen LogP contribution is -2.34. The van der Waals surface area contributed by atoms with Gasteiger partial charge in [-0.05, 0) is 163 Å². The van der Waals surface area contributed by atoms with Crippen LogP contribution in [-0.2, 0) is 18.3 Å². The van der Waals surface area contributed by atoms with Gasteiger partial charge in [0.05, 0.1) is 11.4 Å². The van der Waals surface area contributed by atoms with Crippen molar-refractivity contribution in [3.63, 3.8) is 0 Å². The summed E-state index contributed by atoms with van der Waals surface area (Å²) in [6.45, 7) is 4.79. The van der Waals surface area contributed by atoms with Gasteiger partial charge in [-0.25, -0.2) is 0 Å². The summed E-state index contributed by atoms with van der Waals surface area (Å²) in [6.07, 6.45) is 14.0. The predicted molar refractivity (Wildman–Crippen MR) is 267 cm³/mol. The van der Waals surface area contributed by atoms with Gasteiger partial charge in [-0.2, -0.15) is 0 Å². The van der Waals surface area contributed by atoms with E-state index in [0.717, 1.165) is 52.3 Å². The van der Waals surface area contributed by atoms with Gasteiger partial charge in [0.2, 0.25) is 0 Å². The predicted octanol–water partition coefficient (Wildman–Crippen LogP) is 17.1. The monoisotopic (exact) mass is 836 g/mol. The second-order valence-electron chi connectivity index (χ2n) is 19.7. The van der Waals surface area contributed by atoms with Gasteiger partial charge >= 0.3 is 0 Å². The Bertz CT molecular complexity index is 2960. The lowest BCUT2D eigenvalue weighted by Gasteiger charge is -2.41. The van der Waals surface area contributed by atoms with Crippen molar-refractivity contribution in [2.24, 2.45) is 23.7 Å². The average molecular weight is 837 g/mol. The summed E-state index contributed by atoms with van der Waals surface area (Å²) in [5.74, 6) is 3.26. The van der Waals surface area contributed by atoms with Gasteiger partial charge in [0.15, 0.2) is 0 Å². The summed E-state index contributed by atoms with van der Waals surface area (Å²) in [7, 11) is 0. The molecule has 3 heteroatoms. The maximum absolute atomic E-state index is 6.57. The Kier molecular flexibility index (Phi) is 9.99. The molecule has 0 radical (unpaired) electrons. The zero-order valence-corrected chi connectivity index (χ0v) is 37.6. The Labute approximate surface area is 379 Å². The van der Waals surface area contributed by atoms with E-state index in [1.54, 1.807) is 11.1 Å². The maximum atomic E-state index is 6.57. The quantitative estimate of drug-likeness (QED) is 0.129. The molecule has 1 spiro atoms. The smallest absolute Gasteiger partial charge is 0.137 e. The van der Waals surface area contributed by atoms with E-state index >= 15 is 0 Å². The van der Waals surface area contributed by atoms with Crippen molar-refractivity contribution in [1.82, 2.24) is 0 Å². The number of fused-ring (bicyclic) bond motifs is 5. The van der Waals surface area contributed by atoms with E-state index in [9.17, 15) is 0 Å². The normalized spacial score (nSPS) is 22.1. The fourth-order valence-corrected chi connectivity index (χ4v) is 13.8. The van der Waals surface area contributed by atoms with Gasteiger partial charge in [-0.1, -0.05) is 137 Å². The minimum absolute atomic E-state index is 0.123. The molecule has 320 valence electrons. The summed E-state index contributed by atoms with van der Waals surface area (Å²) in [5, 5.41) is 2.32. The Morgan fingerprint density at radius 3 is 1.83 bits per heavy atom. The molecule has 2 fully saturated rings. The molecule has 3 nitrogen and oxygen atoms in total. The summed E-state index contributed by atoms with van der Waals surface area (Å²) >= 11 is 0. The first-order chi connectivity index (χ1) is 31.6. The molecule has 64 heavy (non-hydrogen) atoms. The third-order valence-corrected chi connectivity index (χ3v) is 16.5. The highest BCUT2D eigenvalue weighted by molar-refractivity contribution is 6.06. The molecule has 8 aromatic rings. The molecule has 7 aromatic carbocycles. The van der Waals surface area contributed by atoms with Crippen molar-refractivity contribution in [2.75, 3.05) is 9.80 Å². The molecule has 2 saturated carbocycles. The van der Waals surface area contributed by atoms with E-state index in [4.69, 9.17) is 4.42 Å². The highest BCUT2D eigenvalue weighted by Crippen LogP contribution is 2.69. The van der Waals surface area contributed by atoms with Crippen LogP contribution in [0.5, 0.6) is 0 Å². The van der Waals surface area contributed by atoms with Crippen LogP contribution < -0.4 is 9.80 Å². The molecule has 1 aromatic heterocycles. The van der Waals surface area contributed by atoms with Crippen LogP contribution in [0.25, 0.3) is 21.9 Å². The van der Waals surface area contributed by atoms with Gasteiger partial charge in [0, 0.05) is 45.0 Å². The van der Waals surface area contributed by atoms with E-state index in [2.05, 4.69) is 187 Å². The zero-order valence-electron chi connectivity index (χ0n) is 37.6. The fourth-order valence-electron chi connectivity index (χ4n) is 13.8. The molecular weight excluding hydrogens is 777 g/mol. The standard InChI is InChI=1S/C61H60N2O/c1-3-41(4-2)36-42-18-15-19-43(37-42)51-26-11-13-28-54(51)63(49-24-9-6-10-25-49)56-30-17-21-45-39-47-33-32-46-38-44-20-16-29-55(59(44)61(46,47)60(45)56)62(48-22-7-5-8-23-48)50-34-35-53-52-27-12-14-31-57(52)64-58(53)40-50/h5-14,16-17,20-31,34-35,40-43,46-47H,3-4,15,18-19,32-33,36-39H2,1-2H3. The third-order valence-electron chi connectivity index (χ3n) is 16.5. The lowest BCUT2D eigenvalue weighted by atomic mass is 9.68. The van der Waals surface area contributed by atoms with Gasteiger partial charge in [-0.3, -0.25) is 0 Å². The molecule has 0 N–H and O–H groups in total. The van der Waals surface area contributed by atoms with Crippen LogP contribution in [0, 0.1) is 23.7 Å². The molecule has 0 amide bonds. The minimum atomic E-state index is -0.123. The number of furan rings is 1. The average Bonchev–Trinajstić information content (AvgIpc) is 4.08. The van der Waals surface area contributed by atoms with Crippen molar-refractivity contribution in [2.45, 2.75) is 95.8 Å². The van der Waals surface area contributed by atoms with E-state index in [1.807, 2.05) is 0 Å². The Hall–Kier alpha value is -6.06. The van der Waals surface area contributed by atoms with Crippen LogP contribution in [0.15, 0.2) is 168 Å². The fraction of sp³-hybridized carbons (Fsp3) is 0.311. The van der Waals surface area contributed by atoms with Crippen LogP contribution in [0.2, 0.25) is 0 Å². The molecular formula is C61H60N2O. The topological polar surface area (TPSA) is 19.6 Å². The first kappa shape index (κ1) is 39.5. The zero-order chi connectivity index (χ0) is 42.8. The van der Waals surface area contributed by atoms with Crippen molar-refractivity contribution < 1.29 is 4.42 Å². The largest absolute Gasteiger partial charge is 0.456 e. The molecule has 0 aliphatic heterocycles. The number of hydrogen-bond donors (Lipinski definition) is 0. The molecule has 5 unspecified atom stereocenters. The van der Waals surface area contributed by atoms with Crippen molar-refractivity contribution in [3.8, 4) is 0 Å². The van der Waals surface area contributed by atoms with E-state index in [1.165, 1.54) is 103 Å². The second-order valence-corrected chi connectivity index (χ2v) is 19.7.